The second kappa shape index (κ2) is 5.61. The first-order chi connectivity index (χ1) is 9.93. The van der Waals surface area contributed by atoms with Crippen LogP contribution in [0.5, 0.6) is 0 Å². The molecule has 2 aliphatic rings. The SMILES string of the molecule is FC(F)(F)c1cc(NC2CCN3CCCCC23)nc(Cl)n1. The first-order valence-electron chi connectivity index (χ1n) is 7.06. The number of anilines is 1. The highest BCUT2D eigenvalue weighted by Gasteiger charge is 2.37. The number of hydrogen-bond acceptors (Lipinski definition) is 4. The Labute approximate surface area is 125 Å². The number of aromatic nitrogens is 2. The molecular weight excluding hydrogens is 305 g/mol. The van der Waals surface area contributed by atoms with Crippen LogP contribution in [0.2, 0.25) is 5.28 Å². The third kappa shape index (κ3) is 3.23. The zero-order chi connectivity index (χ0) is 15.0. The van der Waals surface area contributed by atoms with E-state index in [1.54, 1.807) is 0 Å². The quantitative estimate of drug-likeness (QED) is 0.850. The number of piperidine rings is 1. The molecule has 0 aliphatic carbocycles. The van der Waals surface area contributed by atoms with E-state index in [9.17, 15) is 13.2 Å². The summed E-state index contributed by atoms with van der Waals surface area (Å²) in [6.45, 7) is 2.05. The average molecular weight is 321 g/mol. The van der Waals surface area contributed by atoms with E-state index in [0.29, 0.717) is 6.04 Å². The molecule has 2 atom stereocenters. The lowest BCUT2D eigenvalue weighted by Crippen LogP contribution is -2.41. The van der Waals surface area contributed by atoms with Gasteiger partial charge in [-0.2, -0.15) is 13.2 Å². The predicted molar refractivity (Wildman–Crippen MR) is 73.3 cm³/mol. The minimum absolute atomic E-state index is 0.123. The van der Waals surface area contributed by atoms with E-state index in [1.165, 1.54) is 6.42 Å². The molecule has 0 amide bonds. The molecule has 4 nitrogen and oxygen atoms in total. The van der Waals surface area contributed by atoms with Gasteiger partial charge in [0.2, 0.25) is 5.28 Å². The zero-order valence-corrected chi connectivity index (χ0v) is 12.1. The summed E-state index contributed by atoms with van der Waals surface area (Å²) in [5.74, 6) is 0.153. The molecule has 2 unspecified atom stereocenters. The molecule has 3 rings (SSSR count). The van der Waals surface area contributed by atoms with Crippen LogP contribution in [0.25, 0.3) is 0 Å². The summed E-state index contributed by atoms with van der Waals surface area (Å²) in [4.78, 5) is 9.51. The summed E-state index contributed by atoms with van der Waals surface area (Å²) >= 11 is 5.61. The lowest BCUT2D eigenvalue weighted by Gasteiger charge is -2.32. The number of nitrogens with zero attached hydrogens (tertiary/aromatic N) is 3. The maximum atomic E-state index is 12.7. The normalized spacial score (nSPS) is 26.7. The predicted octanol–water partition coefficient (Wildman–Crippen LogP) is 3.19. The topological polar surface area (TPSA) is 41.0 Å². The molecule has 8 heteroatoms. The van der Waals surface area contributed by atoms with Gasteiger partial charge >= 0.3 is 6.18 Å². The van der Waals surface area contributed by atoms with E-state index >= 15 is 0 Å². The molecule has 0 saturated carbocycles. The minimum atomic E-state index is -4.52. The van der Waals surface area contributed by atoms with Gasteiger partial charge in [-0.05, 0) is 37.4 Å². The van der Waals surface area contributed by atoms with Crippen molar-refractivity contribution in [1.29, 1.82) is 0 Å². The van der Waals surface area contributed by atoms with Crippen molar-refractivity contribution in [3.63, 3.8) is 0 Å². The van der Waals surface area contributed by atoms with Gasteiger partial charge in [0.25, 0.3) is 0 Å². The van der Waals surface area contributed by atoms with Crippen molar-refractivity contribution in [3.8, 4) is 0 Å². The van der Waals surface area contributed by atoms with Crippen molar-refractivity contribution in [2.45, 2.75) is 43.9 Å². The van der Waals surface area contributed by atoms with E-state index in [2.05, 4.69) is 20.2 Å². The number of halogens is 4. The summed E-state index contributed by atoms with van der Waals surface area (Å²) in [6.07, 6.45) is -0.176. The van der Waals surface area contributed by atoms with Gasteiger partial charge in [0.1, 0.15) is 5.82 Å². The van der Waals surface area contributed by atoms with Crippen molar-refractivity contribution in [3.05, 3.63) is 17.0 Å². The fourth-order valence-corrected chi connectivity index (χ4v) is 3.42. The molecule has 0 bridgehead atoms. The third-order valence-corrected chi connectivity index (χ3v) is 4.35. The summed E-state index contributed by atoms with van der Waals surface area (Å²) in [5, 5.41) is 2.73. The fraction of sp³-hybridized carbons (Fsp3) is 0.692. The number of hydrogen-bond donors (Lipinski definition) is 1. The van der Waals surface area contributed by atoms with Crippen LogP contribution in [-0.2, 0) is 6.18 Å². The maximum Gasteiger partial charge on any atom is 0.433 e. The van der Waals surface area contributed by atoms with Crippen molar-refractivity contribution >= 4 is 17.4 Å². The Morgan fingerprint density at radius 1 is 1.19 bits per heavy atom. The molecule has 0 radical (unpaired) electrons. The largest absolute Gasteiger partial charge is 0.433 e. The molecule has 116 valence electrons. The third-order valence-electron chi connectivity index (χ3n) is 4.18. The van der Waals surface area contributed by atoms with Crippen LogP contribution in [0.4, 0.5) is 19.0 Å². The fourth-order valence-electron chi connectivity index (χ4n) is 3.24. The zero-order valence-electron chi connectivity index (χ0n) is 11.3. The number of alkyl halides is 3. The summed E-state index contributed by atoms with van der Waals surface area (Å²) in [7, 11) is 0. The van der Waals surface area contributed by atoms with Gasteiger partial charge in [0.15, 0.2) is 5.69 Å². The van der Waals surface area contributed by atoms with Gasteiger partial charge in [-0.1, -0.05) is 6.42 Å². The first-order valence-corrected chi connectivity index (χ1v) is 7.43. The summed E-state index contributed by atoms with van der Waals surface area (Å²) < 4.78 is 38.2. The van der Waals surface area contributed by atoms with Crippen molar-refractivity contribution in [2.24, 2.45) is 0 Å². The Balaban J connectivity index is 1.77. The van der Waals surface area contributed by atoms with Gasteiger partial charge in [-0.3, -0.25) is 4.90 Å². The van der Waals surface area contributed by atoms with Crippen LogP contribution < -0.4 is 5.32 Å². The van der Waals surface area contributed by atoms with E-state index < -0.39 is 11.9 Å². The van der Waals surface area contributed by atoms with Crippen LogP contribution >= 0.6 is 11.6 Å². The van der Waals surface area contributed by atoms with Crippen LogP contribution in [0.15, 0.2) is 6.07 Å². The van der Waals surface area contributed by atoms with Crippen LogP contribution in [0.1, 0.15) is 31.4 Å². The lowest BCUT2D eigenvalue weighted by atomic mass is 9.99. The van der Waals surface area contributed by atoms with Gasteiger partial charge in [0.05, 0.1) is 0 Å². The highest BCUT2D eigenvalue weighted by atomic mass is 35.5. The van der Waals surface area contributed by atoms with Crippen LogP contribution in [-0.4, -0.2) is 40.0 Å². The molecule has 0 aromatic carbocycles. The van der Waals surface area contributed by atoms with E-state index in [0.717, 1.165) is 38.4 Å². The second-order valence-electron chi connectivity index (χ2n) is 5.54. The monoisotopic (exact) mass is 320 g/mol. The Morgan fingerprint density at radius 3 is 2.76 bits per heavy atom. The highest BCUT2D eigenvalue weighted by Crippen LogP contribution is 2.32. The smallest absolute Gasteiger partial charge is 0.366 e. The minimum Gasteiger partial charge on any atom is -0.366 e. The van der Waals surface area contributed by atoms with Gasteiger partial charge in [-0.25, -0.2) is 9.97 Å². The van der Waals surface area contributed by atoms with Gasteiger partial charge < -0.3 is 5.32 Å². The standard InChI is InChI=1S/C13H16ClF3N4/c14-12-19-10(13(15,16)17)7-11(20-12)18-8-4-6-21-5-2-1-3-9(8)21/h7-9H,1-6H2,(H,18,19,20). The van der Waals surface area contributed by atoms with Crippen molar-refractivity contribution < 1.29 is 13.2 Å². The summed E-state index contributed by atoms with van der Waals surface area (Å²) in [5.41, 5.74) is -1.01. The van der Waals surface area contributed by atoms with Gasteiger partial charge in [0, 0.05) is 24.7 Å². The second-order valence-corrected chi connectivity index (χ2v) is 5.88. The molecular formula is C13H16ClF3N4. The highest BCUT2D eigenvalue weighted by molar-refractivity contribution is 6.28. The summed E-state index contributed by atoms with van der Waals surface area (Å²) in [6, 6.07) is 1.43. The van der Waals surface area contributed by atoms with Crippen LogP contribution in [0.3, 0.4) is 0 Å². The van der Waals surface area contributed by atoms with Crippen molar-refractivity contribution in [2.75, 3.05) is 18.4 Å². The number of rotatable bonds is 2. The molecule has 2 fully saturated rings. The molecule has 1 aromatic rings. The number of nitrogens with one attached hydrogen (secondary N) is 1. The van der Waals surface area contributed by atoms with Gasteiger partial charge in [-0.15, -0.1) is 0 Å². The molecule has 2 saturated heterocycles. The Hall–Kier alpha value is -1.08. The molecule has 3 heterocycles. The van der Waals surface area contributed by atoms with Crippen molar-refractivity contribution in [1.82, 2.24) is 14.9 Å². The molecule has 1 N–H and O–H groups in total. The molecule has 0 spiro atoms. The van der Waals surface area contributed by atoms with E-state index in [4.69, 9.17) is 11.6 Å². The molecule has 2 aliphatic heterocycles. The lowest BCUT2D eigenvalue weighted by molar-refractivity contribution is -0.141. The van der Waals surface area contributed by atoms with Crippen LogP contribution in [0, 0.1) is 0 Å². The van der Waals surface area contributed by atoms with E-state index in [-0.39, 0.29) is 17.1 Å². The maximum absolute atomic E-state index is 12.7. The Bertz CT molecular complexity index is 523. The molecule has 1 aromatic heterocycles. The first kappa shape index (κ1) is 14.8. The average Bonchev–Trinajstić information content (AvgIpc) is 2.81. The number of fused-ring (bicyclic) bond motifs is 1. The Kier molecular flexibility index (Phi) is 3.96. The molecule has 21 heavy (non-hydrogen) atoms. The Morgan fingerprint density at radius 2 is 2.00 bits per heavy atom. The van der Waals surface area contributed by atoms with E-state index in [1.807, 2.05) is 0 Å².